The highest BCUT2D eigenvalue weighted by molar-refractivity contribution is 6.35. The summed E-state index contributed by atoms with van der Waals surface area (Å²) in [5.41, 5.74) is 1.77. The van der Waals surface area contributed by atoms with Crippen molar-refractivity contribution in [2.24, 2.45) is 0 Å². The lowest BCUT2D eigenvalue weighted by Gasteiger charge is -2.08. The zero-order chi connectivity index (χ0) is 20.4. The molecule has 1 aromatic carbocycles. The first-order valence-electron chi connectivity index (χ1n) is 8.32. The Morgan fingerprint density at radius 2 is 1.96 bits per heavy atom. The van der Waals surface area contributed by atoms with Gasteiger partial charge in [-0.25, -0.2) is 4.79 Å². The highest BCUT2D eigenvalue weighted by Gasteiger charge is 2.18. The molecule has 0 aliphatic carbocycles. The second kappa shape index (κ2) is 8.04. The van der Waals surface area contributed by atoms with Crippen molar-refractivity contribution in [1.29, 1.82) is 0 Å². The quantitative estimate of drug-likeness (QED) is 0.632. The lowest BCUT2D eigenvalue weighted by molar-refractivity contribution is -0.140. The Kier molecular flexibility index (Phi) is 5.71. The molecule has 0 bridgehead atoms. The summed E-state index contributed by atoms with van der Waals surface area (Å²) in [4.78, 5) is 23.4. The van der Waals surface area contributed by atoms with E-state index in [0.29, 0.717) is 22.4 Å². The average Bonchev–Trinajstić information content (AvgIpc) is 3.25. The highest BCUT2D eigenvalue weighted by atomic mass is 35.5. The van der Waals surface area contributed by atoms with Crippen LogP contribution >= 0.6 is 23.2 Å². The van der Waals surface area contributed by atoms with E-state index in [2.05, 4.69) is 15.5 Å². The minimum absolute atomic E-state index is 0.231. The van der Waals surface area contributed by atoms with Crippen LogP contribution in [0.4, 0.5) is 5.82 Å². The maximum Gasteiger partial charge on any atom is 0.328 e. The molecular formula is C18H17Cl2N5O3. The number of amides is 1. The van der Waals surface area contributed by atoms with Gasteiger partial charge in [-0.3, -0.25) is 14.2 Å². The Morgan fingerprint density at radius 3 is 2.61 bits per heavy atom. The molecule has 2 heterocycles. The first-order valence-corrected chi connectivity index (χ1v) is 9.07. The van der Waals surface area contributed by atoms with Crippen molar-refractivity contribution in [2.75, 3.05) is 5.32 Å². The number of carbonyl (C=O) groups is 2. The van der Waals surface area contributed by atoms with Gasteiger partial charge < -0.3 is 10.4 Å². The lowest BCUT2D eigenvalue weighted by atomic mass is 10.2. The van der Waals surface area contributed by atoms with Crippen LogP contribution in [0.3, 0.4) is 0 Å². The van der Waals surface area contributed by atoms with Gasteiger partial charge >= 0.3 is 5.97 Å². The summed E-state index contributed by atoms with van der Waals surface area (Å²) in [6.07, 6.45) is 2.68. The van der Waals surface area contributed by atoms with Gasteiger partial charge in [-0.1, -0.05) is 29.3 Å². The molecule has 0 radical (unpaired) electrons. The third kappa shape index (κ3) is 4.18. The molecule has 0 fully saturated rings. The normalized spacial score (nSPS) is 12.0. The molecule has 0 aliphatic heterocycles. The zero-order valence-corrected chi connectivity index (χ0v) is 16.6. The van der Waals surface area contributed by atoms with Gasteiger partial charge in [0.1, 0.15) is 6.04 Å². The molecule has 1 amide bonds. The van der Waals surface area contributed by atoms with Crippen molar-refractivity contribution < 1.29 is 14.7 Å². The van der Waals surface area contributed by atoms with Crippen molar-refractivity contribution in [3.8, 4) is 0 Å². The van der Waals surface area contributed by atoms with Gasteiger partial charge in [0.25, 0.3) is 5.91 Å². The second-order valence-corrected chi connectivity index (χ2v) is 7.02. The number of anilines is 1. The molecular weight excluding hydrogens is 405 g/mol. The van der Waals surface area contributed by atoms with E-state index < -0.39 is 17.9 Å². The Morgan fingerprint density at radius 1 is 1.29 bits per heavy atom. The zero-order valence-electron chi connectivity index (χ0n) is 15.1. The Balaban J connectivity index is 1.75. The molecule has 8 nitrogen and oxygen atoms in total. The number of nitrogens with zero attached hydrogens (tertiary/aromatic N) is 4. The number of carbonyl (C=O) groups excluding carboxylic acids is 1. The van der Waals surface area contributed by atoms with Crippen LogP contribution in [0.15, 0.2) is 36.7 Å². The van der Waals surface area contributed by atoms with Crippen LogP contribution in [0, 0.1) is 6.92 Å². The Hall–Kier alpha value is -2.84. The number of hydrogen-bond acceptors (Lipinski definition) is 4. The predicted molar refractivity (Wildman–Crippen MR) is 105 cm³/mol. The van der Waals surface area contributed by atoms with Gasteiger partial charge in [-0.2, -0.15) is 10.2 Å². The summed E-state index contributed by atoms with van der Waals surface area (Å²) in [6.45, 7) is 3.68. The van der Waals surface area contributed by atoms with E-state index in [9.17, 15) is 9.59 Å². The van der Waals surface area contributed by atoms with Crippen molar-refractivity contribution in [1.82, 2.24) is 19.6 Å². The maximum absolute atomic E-state index is 12.4. The van der Waals surface area contributed by atoms with E-state index in [4.69, 9.17) is 28.3 Å². The van der Waals surface area contributed by atoms with Crippen LogP contribution in [0.1, 0.15) is 34.6 Å². The number of carboxylic acid groups (broad SMARTS) is 1. The van der Waals surface area contributed by atoms with E-state index in [-0.39, 0.29) is 5.56 Å². The number of carboxylic acids is 1. The standard InChI is InChI=1S/C18H17Cl2N5O3/c1-10-6-16(23-24(10)9-13-14(19)4-3-5-15(13)20)22-17(26)12-7-21-25(8-12)11(2)18(27)28/h3-8,11H,9H2,1-2H3,(H,27,28)(H,22,23,26). The summed E-state index contributed by atoms with van der Waals surface area (Å²) in [5.74, 6) is -1.13. The van der Waals surface area contributed by atoms with Crippen molar-refractivity contribution in [3.05, 3.63) is 63.5 Å². The predicted octanol–water partition coefficient (Wildman–Crippen LogP) is 3.64. The SMILES string of the molecule is Cc1cc(NC(=O)c2cnn(C(C)C(=O)O)c2)nn1Cc1c(Cl)cccc1Cl. The largest absolute Gasteiger partial charge is 0.480 e. The Labute approximate surface area is 170 Å². The first kappa shape index (κ1) is 19.9. The highest BCUT2D eigenvalue weighted by Crippen LogP contribution is 2.26. The van der Waals surface area contributed by atoms with Gasteiger partial charge in [0.2, 0.25) is 0 Å². The van der Waals surface area contributed by atoms with Crippen LogP contribution in [0.2, 0.25) is 10.0 Å². The molecule has 146 valence electrons. The number of aliphatic carboxylic acids is 1. The van der Waals surface area contributed by atoms with Crippen LogP contribution in [-0.4, -0.2) is 36.5 Å². The van der Waals surface area contributed by atoms with Gasteiger partial charge in [0.05, 0.1) is 18.3 Å². The summed E-state index contributed by atoms with van der Waals surface area (Å²) in [7, 11) is 0. The van der Waals surface area contributed by atoms with Crippen LogP contribution in [0.25, 0.3) is 0 Å². The number of halogens is 2. The minimum Gasteiger partial charge on any atom is -0.480 e. The summed E-state index contributed by atoms with van der Waals surface area (Å²) in [6, 6.07) is 6.11. The molecule has 3 aromatic rings. The summed E-state index contributed by atoms with van der Waals surface area (Å²) < 4.78 is 2.89. The van der Waals surface area contributed by atoms with E-state index in [1.54, 1.807) is 28.9 Å². The number of aromatic nitrogens is 4. The summed E-state index contributed by atoms with van der Waals surface area (Å²) >= 11 is 12.4. The van der Waals surface area contributed by atoms with E-state index >= 15 is 0 Å². The average molecular weight is 422 g/mol. The van der Waals surface area contributed by atoms with E-state index in [0.717, 1.165) is 11.3 Å². The maximum atomic E-state index is 12.4. The molecule has 0 aliphatic rings. The van der Waals surface area contributed by atoms with Crippen molar-refractivity contribution >= 4 is 40.9 Å². The molecule has 1 unspecified atom stereocenters. The van der Waals surface area contributed by atoms with Gasteiger partial charge in [0, 0.05) is 33.6 Å². The van der Waals surface area contributed by atoms with Crippen LogP contribution in [-0.2, 0) is 11.3 Å². The monoisotopic (exact) mass is 421 g/mol. The molecule has 0 saturated carbocycles. The molecule has 28 heavy (non-hydrogen) atoms. The third-order valence-corrected chi connectivity index (χ3v) is 4.92. The second-order valence-electron chi connectivity index (χ2n) is 6.21. The third-order valence-electron chi connectivity index (χ3n) is 4.21. The van der Waals surface area contributed by atoms with Gasteiger partial charge in [0.15, 0.2) is 5.82 Å². The van der Waals surface area contributed by atoms with Gasteiger partial charge in [-0.05, 0) is 26.0 Å². The smallest absolute Gasteiger partial charge is 0.328 e. The van der Waals surface area contributed by atoms with Crippen molar-refractivity contribution in [3.63, 3.8) is 0 Å². The van der Waals surface area contributed by atoms with Crippen LogP contribution < -0.4 is 5.32 Å². The lowest BCUT2D eigenvalue weighted by Crippen LogP contribution is -2.16. The van der Waals surface area contributed by atoms with E-state index in [1.807, 2.05) is 6.92 Å². The fraction of sp³-hybridized carbons (Fsp3) is 0.222. The number of nitrogens with one attached hydrogen (secondary N) is 1. The molecule has 0 spiro atoms. The molecule has 0 saturated heterocycles. The number of benzene rings is 1. The van der Waals surface area contributed by atoms with Crippen molar-refractivity contribution in [2.45, 2.75) is 26.4 Å². The molecule has 10 heteroatoms. The fourth-order valence-electron chi connectivity index (χ4n) is 2.53. The number of hydrogen-bond donors (Lipinski definition) is 2. The molecule has 1 atom stereocenters. The molecule has 3 rings (SSSR count). The molecule has 2 aromatic heterocycles. The van der Waals surface area contributed by atoms with Gasteiger partial charge in [-0.15, -0.1) is 0 Å². The fourth-order valence-corrected chi connectivity index (χ4v) is 3.05. The van der Waals surface area contributed by atoms with E-state index in [1.165, 1.54) is 24.0 Å². The number of rotatable bonds is 6. The minimum atomic E-state index is -1.04. The van der Waals surface area contributed by atoms with Crippen LogP contribution in [0.5, 0.6) is 0 Å². The first-order chi connectivity index (χ1) is 13.3. The Bertz CT molecular complexity index is 1020. The number of aryl methyl sites for hydroxylation is 1. The summed E-state index contributed by atoms with van der Waals surface area (Å²) in [5, 5.41) is 21.1. The topological polar surface area (TPSA) is 102 Å². The molecule has 2 N–H and O–H groups in total.